The van der Waals surface area contributed by atoms with Crippen molar-refractivity contribution in [3.8, 4) is 0 Å². The van der Waals surface area contributed by atoms with Crippen LogP contribution in [0.3, 0.4) is 0 Å². The second kappa shape index (κ2) is 10.4. The van der Waals surface area contributed by atoms with Crippen LogP contribution < -0.4 is 5.32 Å². The molecule has 1 atom stereocenters. The van der Waals surface area contributed by atoms with Gasteiger partial charge in [0.1, 0.15) is 11.9 Å². The van der Waals surface area contributed by atoms with E-state index >= 15 is 0 Å². The Hall–Kier alpha value is -2.11. The summed E-state index contributed by atoms with van der Waals surface area (Å²) < 4.78 is 13.1. The van der Waals surface area contributed by atoms with Gasteiger partial charge in [-0.1, -0.05) is 48.3 Å². The lowest BCUT2D eigenvalue weighted by molar-refractivity contribution is -0.140. The Labute approximate surface area is 174 Å². The molecule has 2 amide bonds. The first kappa shape index (κ1) is 22.2. The van der Waals surface area contributed by atoms with Crippen LogP contribution in [0.4, 0.5) is 4.39 Å². The topological polar surface area (TPSA) is 49.4 Å². The average molecular weight is 425 g/mol. The van der Waals surface area contributed by atoms with Gasteiger partial charge in [0.05, 0.1) is 6.42 Å². The molecular formula is C21H23Cl2FN2O2. The van der Waals surface area contributed by atoms with Crippen LogP contribution in [0.5, 0.6) is 0 Å². The molecule has 2 aromatic rings. The second-order valence-corrected chi connectivity index (χ2v) is 7.37. The molecule has 0 saturated carbocycles. The molecule has 2 aromatic carbocycles. The standard InChI is InChI=1S/C21H23Cl2FN2O2/c1-3-10-25-21(28)14(2)26(13-16-6-7-17(22)12-19(16)23)20(27)11-15-4-8-18(24)9-5-15/h4-9,12,14H,3,10-11,13H2,1-2H3,(H,25,28). The molecule has 150 valence electrons. The Morgan fingerprint density at radius 1 is 1.14 bits per heavy atom. The fourth-order valence-corrected chi connectivity index (χ4v) is 3.16. The number of nitrogens with zero attached hydrogens (tertiary/aromatic N) is 1. The van der Waals surface area contributed by atoms with Gasteiger partial charge in [-0.2, -0.15) is 0 Å². The fraction of sp³-hybridized carbons (Fsp3) is 0.333. The quantitative estimate of drug-likeness (QED) is 0.671. The van der Waals surface area contributed by atoms with Gasteiger partial charge in [-0.3, -0.25) is 9.59 Å². The number of hydrogen-bond acceptors (Lipinski definition) is 2. The van der Waals surface area contributed by atoms with Crippen molar-refractivity contribution in [3.05, 3.63) is 69.5 Å². The molecule has 0 heterocycles. The molecular weight excluding hydrogens is 402 g/mol. The van der Waals surface area contributed by atoms with E-state index in [1.165, 1.54) is 17.0 Å². The van der Waals surface area contributed by atoms with Crippen molar-refractivity contribution in [2.24, 2.45) is 0 Å². The number of halogens is 3. The second-order valence-electron chi connectivity index (χ2n) is 6.53. The van der Waals surface area contributed by atoms with E-state index in [4.69, 9.17) is 23.2 Å². The van der Waals surface area contributed by atoms with Gasteiger partial charge in [0, 0.05) is 23.1 Å². The van der Waals surface area contributed by atoms with Crippen LogP contribution in [0.1, 0.15) is 31.4 Å². The summed E-state index contributed by atoms with van der Waals surface area (Å²) in [7, 11) is 0. The van der Waals surface area contributed by atoms with Crippen molar-refractivity contribution in [2.45, 2.75) is 39.3 Å². The molecule has 0 bridgehead atoms. The zero-order chi connectivity index (χ0) is 20.7. The van der Waals surface area contributed by atoms with Crippen LogP contribution in [-0.4, -0.2) is 29.3 Å². The van der Waals surface area contributed by atoms with Gasteiger partial charge in [-0.05, 0) is 48.7 Å². The van der Waals surface area contributed by atoms with Gasteiger partial charge in [0.15, 0.2) is 0 Å². The maximum Gasteiger partial charge on any atom is 0.242 e. The molecule has 1 N–H and O–H groups in total. The Morgan fingerprint density at radius 2 is 1.82 bits per heavy atom. The van der Waals surface area contributed by atoms with E-state index in [2.05, 4.69) is 5.32 Å². The monoisotopic (exact) mass is 424 g/mol. The molecule has 0 spiro atoms. The minimum Gasteiger partial charge on any atom is -0.354 e. The molecule has 0 aliphatic carbocycles. The van der Waals surface area contributed by atoms with E-state index in [0.29, 0.717) is 27.7 Å². The number of hydrogen-bond donors (Lipinski definition) is 1. The number of nitrogens with one attached hydrogen (secondary N) is 1. The van der Waals surface area contributed by atoms with Crippen molar-refractivity contribution in [1.29, 1.82) is 0 Å². The number of carbonyl (C=O) groups excluding carboxylic acids is 2. The van der Waals surface area contributed by atoms with Gasteiger partial charge in [-0.25, -0.2) is 4.39 Å². The molecule has 0 saturated heterocycles. The highest BCUT2D eigenvalue weighted by atomic mass is 35.5. The van der Waals surface area contributed by atoms with Crippen LogP contribution in [0.15, 0.2) is 42.5 Å². The molecule has 2 rings (SSSR count). The Kier molecular flexibility index (Phi) is 8.27. The van der Waals surface area contributed by atoms with E-state index in [1.54, 1.807) is 37.3 Å². The lowest BCUT2D eigenvalue weighted by Crippen LogP contribution is -2.48. The van der Waals surface area contributed by atoms with Crippen molar-refractivity contribution in [1.82, 2.24) is 10.2 Å². The number of carbonyl (C=O) groups is 2. The first-order valence-corrected chi connectivity index (χ1v) is 9.83. The predicted octanol–water partition coefficient (Wildman–Crippen LogP) is 4.62. The van der Waals surface area contributed by atoms with Crippen molar-refractivity contribution >= 4 is 35.0 Å². The number of amides is 2. The molecule has 0 fully saturated rings. The Balaban J connectivity index is 2.24. The van der Waals surface area contributed by atoms with Gasteiger partial charge in [0.2, 0.25) is 11.8 Å². The summed E-state index contributed by atoms with van der Waals surface area (Å²) in [4.78, 5) is 26.9. The first-order valence-electron chi connectivity index (χ1n) is 9.07. The smallest absolute Gasteiger partial charge is 0.242 e. The van der Waals surface area contributed by atoms with Crippen molar-refractivity contribution < 1.29 is 14.0 Å². The minimum atomic E-state index is -0.689. The van der Waals surface area contributed by atoms with Crippen molar-refractivity contribution in [3.63, 3.8) is 0 Å². The largest absolute Gasteiger partial charge is 0.354 e. The number of rotatable bonds is 8. The predicted molar refractivity (Wildman–Crippen MR) is 110 cm³/mol. The van der Waals surface area contributed by atoms with E-state index in [-0.39, 0.29) is 30.6 Å². The van der Waals surface area contributed by atoms with Crippen LogP contribution in [0.25, 0.3) is 0 Å². The van der Waals surface area contributed by atoms with Crippen LogP contribution >= 0.6 is 23.2 Å². The highest BCUT2D eigenvalue weighted by molar-refractivity contribution is 6.35. The van der Waals surface area contributed by atoms with E-state index in [0.717, 1.165) is 6.42 Å². The van der Waals surface area contributed by atoms with Gasteiger partial charge >= 0.3 is 0 Å². The third-order valence-electron chi connectivity index (χ3n) is 4.34. The summed E-state index contributed by atoms with van der Waals surface area (Å²) in [5, 5.41) is 3.73. The van der Waals surface area contributed by atoms with E-state index < -0.39 is 6.04 Å². The summed E-state index contributed by atoms with van der Waals surface area (Å²) in [6, 6.07) is 10.1. The summed E-state index contributed by atoms with van der Waals surface area (Å²) >= 11 is 12.2. The minimum absolute atomic E-state index is 0.0525. The zero-order valence-electron chi connectivity index (χ0n) is 15.8. The molecule has 0 aliphatic heterocycles. The molecule has 28 heavy (non-hydrogen) atoms. The van der Waals surface area contributed by atoms with Gasteiger partial charge in [0.25, 0.3) is 0 Å². The number of benzene rings is 2. The zero-order valence-corrected chi connectivity index (χ0v) is 17.4. The lowest BCUT2D eigenvalue weighted by atomic mass is 10.1. The molecule has 0 radical (unpaired) electrons. The Morgan fingerprint density at radius 3 is 2.43 bits per heavy atom. The summed E-state index contributed by atoms with van der Waals surface area (Å²) in [6.45, 7) is 4.33. The maximum atomic E-state index is 13.1. The highest BCUT2D eigenvalue weighted by Crippen LogP contribution is 2.23. The molecule has 7 heteroatoms. The van der Waals surface area contributed by atoms with Crippen LogP contribution in [-0.2, 0) is 22.6 Å². The van der Waals surface area contributed by atoms with Gasteiger partial charge < -0.3 is 10.2 Å². The third-order valence-corrected chi connectivity index (χ3v) is 4.93. The van der Waals surface area contributed by atoms with Gasteiger partial charge in [-0.15, -0.1) is 0 Å². The normalized spacial score (nSPS) is 11.8. The van der Waals surface area contributed by atoms with E-state index in [1.807, 2.05) is 6.92 Å². The maximum absolute atomic E-state index is 13.1. The summed E-state index contributed by atoms with van der Waals surface area (Å²) in [5.74, 6) is -0.857. The Bertz CT molecular complexity index is 828. The molecule has 4 nitrogen and oxygen atoms in total. The van der Waals surface area contributed by atoms with Crippen molar-refractivity contribution in [2.75, 3.05) is 6.54 Å². The molecule has 0 aliphatic rings. The van der Waals surface area contributed by atoms with Crippen LogP contribution in [0, 0.1) is 5.82 Å². The fourth-order valence-electron chi connectivity index (χ4n) is 2.69. The van der Waals surface area contributed by atoms with E-state index in [9.17, 15) is 14.0 Å². The third kappa shape index (κ3) is 6.21. The average Bonchev–Trinajstić information content (AvgIpc) is 2.66. The lowest BCUT2D eigenvalue weighted by Gasteiger charge is -2.29. The summed E-state index contributed by atoms with van der Waals surface area (Å²) in [5.41, 5.74) is 1.36. The first-order chi connectivity index (χ1) is 13.3. The summed E-state index contributed by atoms with van der Waals surface area (Å²) in [6.07, 6.45) is 0.849. The van der Waals surface area contributed by atoms with Crippen LogP contribution in [0.2, 0.25) is 10.0 Å². The molecule has 0 aromatic heterocycles. The highest BCUT2D eigenvalue weighted by Gasteiger charge is 2.26. The molecule has 1 unspecified atom stereocenters. The SMILES string of the molecule is CCCNC(=O)C(C)N(Cc1ccc(Cl)cc1Cl)C(=O)Cc1ccc(F)cc1.